The van der Waals surface area contributed by atoms with Crippen LogP contribution in [-0.2, 0) is 39.6 Å². The highest BCUT2D eigenvalue weighted by atomic mass is 32.2. The van der Waals surface area contributed by atoms with Gasteiger partial charge in [0.15, 0.2) is 0 Å². The maximum Gasteiger partial charge on any atom is 0.416 e. The summed E-state index contributed by atoms with van der Waals surface area (Å²) in [5, 5.41) is 4.39. The van der Waals surface area contributed by atoms with Gasteiger partial charge < -0.3 is 9.57 Å². The molecule has 0 aliphatic carbocycles. The average Bonchev–Trinajstić information content (AvgIpc) is 3.46. The Kier molecular flexibility index (Phi) is 7.89. The lowest BCUT2D eigenvalue weighted by Gasteiger charge is -2.10. The van der Waals surface area contributed by atoms with Gasteiger partial charge in [0.25, 0.3) is 0 Å². The maximum atomic E-state index is 12.9. The summed E-state index contributed by atoms with van der Waals surface area (Å²) in [6, 6.07) is 10.0. The Bertz CT molecular complexity index is 1320. The topological polar surface area (TPSA) is 77.9 Å². The van der Waals surface area contributed by atoms with Crippen LogP contribution in [0.2, 0.25) is 0 Å². The van der Waals surface area contributed by atoms with Crippen LogP contribution in [0.15, 0.2) is 52.5 Å². The van der Waals surface area contributed by atoms with E-state index < -0.39 is 28.5 Å². The second-order valence-corrected chi connectivity index (χ2v) is 10.6. The number of carbonyl (C=O) groups is 1. The van der Waals surface area contributed by atoms with Gasteiger partial charge in [-0.1, -0.05) is 30.6 Å². The van der Waals surface area contributed by atoms with E-state index in [1.807, 2.05) is 0 Å². The Morgan fingerprint density at radius 3 is 2.53 bits per heavy atom. The molecule has 0 radical (unpaired) electrons. The smallest absolute Gasteiger partial charge is 0.416 e. The molecule has 1 unspecified atom stereocenters. The maximum absolute atomic E-state index is 12.9. The molecule has 1 aromatic heterocycles. The lowest BCUT2D eigenvalue weighted by atomic mass is 10.1. The minimum atomic E-state index is -4.39. The number of rotatable bonds is 9. The highest BCUT2D eigenvalue weighted by molar-refractivity contribution is 7.84. The number of carbonyl (C=O) groups excluding carboxylic acids is 1. The van der Waals surface area contributed by atoms with E-state index in [4.69, 9.17) is 4.74 Å². The van der Waals surface area contributed by atoms with E-state index in [2.05, 4.69) is 21.9 Å². The monoisotopic (exact) mass is 536 g/mol. The number of alkyl halides is 3. The zero-order valence-electron chi connectivity index (χ0n) is 19.6. The standard InChI is InChI=1S/C25H23F3N2O4S2/c1-3-4-5-19-21(35-24(29-19)15-6-8-16(9-7-15)25(26,27)28)14-33-17-10-11-18(22(12-17)36(2)32)20-13-23(31)34-30-20/h6-12H,3-5,13-14H2,1-2H3. The van der Waals surface area contributed by atoms with Crippen LogP contribution < -0.4 is 4.74 Å². The van der Waals surface area contributed by atoms with Crippen molar-refractivity contribution in [3.63, 3.8) is 0 Å². The largest absolute Gasteiger partial charge is 0.488 e. The lowest BCUT2D eigenvalue weighted by molar-refractivity contribution is -0.140. The fourth-order valence-electron chi connectivity index (χ4n) is 3.63. The summed E-state index contributed by atoms with van der Waals surface area (Å²) in [6.07, 6.45) is -0.238. The number of unbranched alkanes of at least 4 members (excludes halogenated alkanes) is 1. The van der Waals surface area contributed by atoms with Gasteiger partial charge in [0.1, 0.15) is 23.1 Å². The Morgan fingerprint density at radius 1 is 1.17 bits per heavy atom. The predicted molar refractivity (Wildman–Crippen MR) is 132 cm³/mol. The summed E-state index contributed by atoms with van der Waals surface area (Å²) < 4.78 is 57.1. The van der Waals surface area contributed by atoms with Gasteiger partial charge in [0.05, 0.1) is 38.3 Å². The predicted octanol–water partition coefficient (Wildman–Crippen LogP) is 6.14. The third-order valence-electron chi connectivity index (χ3n) is 5.52. The molecule has 2 aromatic carbocycles. The van der Waals surface area contributed by atoms with Crippen LogP contribution in [0.5, 0.6) is 5.75 Å². The Labute approximate surface area is 212 Å². The highest BCUT2D eigenvalue weighted by Gasteiger charge is 2.30. The van der Waals surface area contributed by atoms with Crippen LogP contribution in [0.1, 0.15) is 47.9 Å². The molecule has 6 nitrogen and oxygen atoms in total. The third-order valence-corrected chi connectivity index (χ3v) is 7.59. The third kappa shape index (κ3) is 6.01. The van der Waals surface area contributed by atoms with Gasteiger partial charge in [-0.15, -0.1) is 11.3 Å². The van der Waals surface area contributed by atoms with Gasteiger partial charge in [0, 0.05) is 17.4 Å². The van der Waals surface area contributed by atoms with Crippen molar-refractivity contribution in [3.8, 4) is 16.3 Å². The fraction of sp³-hybridized carbons (Fsp3) is 0.320. The van der Waals surface area contributed by atoms with E-state index >= 15 is 0 Å². The Hall–Kier alpha value is -3.05. The molecule has 0 N–H and O–H groups in total. The number of hydrogen-bond donors (Lipinski definition) is 0. The molecule has 0 fully saturated rings. The van der Waals surface area contributed by atoms with Crippen molar-refractivity contribution in [2.45, 2.75) is 50.3 Å². The number of oxime groups is 1. The number of halogens is 3. The number of ether oxygens (including phenoxy) is 1. The zero-order chi connectivity index (χ0) is 25.9. The summed E-state index contributed by atoms with van der Waals surface area (Å²) >= 11 is 1.38. The summed E-state index contributed by atoms with van der Waals surface area (Å²) in [5.74, 6) is 0.0209. The van der Waals surface area contributed by atoms with Crippen molar-refractivity contribution in [2.24, 2.45) is 5.16 Å². The molecule has 0 amide bonds. The zero-order valence-corrected chi connectivity index (χ0v) is 21.2. The molecule has 0 saturated heterocycles. The molecule has 1 aliphatic rings. The molecule has 190 valence electrons. The number of thiazole rings is 1. The summed E-state index contributed by atoms with van der Waals surface area (Å²) in [5.41, 5.74) is 1.75. The summed E-state index contributed by atoms with van der Waals surface area (Å²) in [4.78, 5) is 22.1. The van der Waals surface area contributed by atoms with Gasteiger partial charge in [-0.25, -0.2) is 9.78 Å². The minimum Gasteiger partial charge on any atom is -0.488 e. The van der Waals surface area contributed by atoms with Crippen molar-refractivity contribution < 1.29 is 31.7 Å². The van der Waals surface area contributed by atoms with Gasteiger partial charge >= 0.3 is 12.1 Å². The molecule has 2 heterocycles. The van der Waals surface area contributed by atoms with Crippen LogP contribution in [0.3, 0.4) is 0 Å². The fourth-order valence-corrected chi connectivity index (χ4v) is 5.43. The van der Waals surface area contributed by atoms with Gasteiger partial charge in [-0.05, 0) is 43.2 Å². The second kappa shape index (κ2) is 10.9. The first kappa shape index (κ1) is 26.0. The number of aryl methyl sites for hydroxylation is 1. The molecule has 0 saturated carbocycles. The van der Waals surface area contributed by atoms with Crippen molar-refractivity contribution in [1.82, 2.24) is 4.98 Å². The molecule has 0 spiro atoms. The molecule has 3 aromatic rings. The molecule has 11 heteroatoms. The van der Waals surface area contributed by atoms with E-state index in [1.54, 1.807) is 18.2 Å². The van der Waals surface area contributed by atoms with E-state index in [0.29, 0.717) is 32.5 Å². The Balaban J connectivity index is 1.56. The van der Waals surface area contributed by atoms with Crippen LogP contribution in [-0.4, -0.2) is 27.1 Å². The lowest BCUT2D eigenvalue weighted by Crippen LogP contribution is -2.06. The quantitative estimate of drug-likeness (QED) is 0.307. The van der Waals surface area contributed by atoms with Crippen molar-refractivity contribution >= 4 is 33.8 Å². The molecule has 1 atom stereocenters. The van der Waals surface area contributed by atoms with Gasteiger partial charge in [-0.2, -0.15) is 13.2 Å². The molecule has 36 heavy (non-hydrogen) atoms. The number of benzene rings is 2. The van der Waals surface area contributed by atoms with E-state index in [0.717, 1.165) is 42.0 Å². The molecule has 4 rings (SSSR count). The van der Waals surface area contributed by atoms with Crippen LogP contribution in [0.4, 0.5) is 13.2 Å². The first-order valence-corrected chi connectivity index (χ1v) is 13.6. The molecule has 0 bridgehead atoms. The normalized spacial score (nSPS) is 14.5. The van der Waals surface area contributed by atoms with Crippen LogP contribution in [0, 0.1) is 0 Å². The van der Waals surface area contributed by atoms with Crippen molar-refractivity contribution in [1.29, 1.82) is 0 Å². The second-order valence-electron chi connectivity index (χ2n) is 8.15. The SMILES string of the molecule is CCCCc1nc(-c2ccc(C(F)(F)F)cc2)sc1COc1ccc(C2=NOC(=O)C2)c(S(C)=O)c1. The van der Waals surface area contributed by atoms with Crippen LogP contribution >= 0.6 is 11.3 Å². The number of nitrogens with zero attached hydrogens (tertiary/aromatic N) is 2. The Morgan fingerprint density at radius 2 is 1.92 bits per heavy atom. The molecular formula is C25H23F3N2O4S2. The summed E-state index contributed by atoms with van der Waals surface area (Å²) in [6.45, 7) is 2.27. The number of hydrogen-bond acceptors (Lipinski definition) is 7. The molecule has 1 aliphatic heterocycles. The highest BCUT2D eigenvalue weighted by Crippen LogP contribution is 2.34. The molecular weight excluding hydrogens is 513 g/mol. The van der Waals surface area contributed by atoms with E-state index in [-0.39, 0.29) is 13.0 Å². The first-order valence-electron chi connectivity index (χ1n) is 11.2. The average molecular weight is 537 g/mol. The van der Waals surface area contributed by atoms with Crippen LogP contribution in [0.25, 0.3) is 10.6 Å². The van der Waals surface area contributed by atoms with Crippen molar-refractivity contribution in [2.75, 3.05) is 6.26 Å². The van der Waals surface area contributed by atoms with Crippen molar-refractivity contribution in [3.05, 3.63) is 64.2 Å². The van der Waals surface area contributed by atoms with E-state index in [9.17, 15) is 22.2 Å². The minimum absolute atomic E-state index is 0.0127. The summed E-state index contributed by atoms with van der Waals surface area (Å²) in [7, 11) is -1.36. The first-order chi connectivity index (χ1) is 17.2. The van der Waals surface area contributed by atoms with Gasteiger partial charge in [-0.3, -0.25) is 4.21 Å². The van der Waals surface area contributed by atoms with Gasteiger partial charge in [0.2, 0.25) is 0 Å². The number of aromatic nitrogens is 1. The van der Waals surface area contributed by atoms with E-state index in [1.165, 1.54) is 29.7 Å².